The maximum absolute atomic E-state index is 12.5. The number of rotatable bonds is 7. The average molecular weight is 327 g/mol. The molecule has 24 heavy (non-hydrogen) atoms. The third-order valence-electron chi connectivity index (χ3n) is 4.21. The topological polar surface area (TPSA) is 59.0 Å². The van der Waals surface area contributed by atoms with Gasteiger partial charge in [-0.2, -0.15) is 0 Å². The van der Waals surface area contributed by atoms with E-state index in [0.717, 1.165) is 17.0 Å². The number of hydrogen-bond donors (Lipinski definition) is 1. The number of hydrogen-bond acceptors (Lipinski definition) is 4. The number of carbonyl (C=O) groups is 1. The van der Waals surface area contributed by atoms with Gasteiger partial charge in [0.15, 0.2) is 6.10 Å². The zero-order valence-electron chi connectivity index (χ0n) is 13.6. The summed E-state index contributed by atoms with van der Waals surface area (Å²) < 4.78 is 11.0. The van der Waals surface area contributed by atoms with Gasteiger partial charge in [-0.1, -0.05) is 30.3 Å². The minimum absolute atomic E-state index is 0.00972. The van der Waals surface area contributed by atoms with Gasteiger partial charge in [0.25, 0.3) is 5.91 Å². The van der Waals surface area contributed by atoms with Gasteiger partial charge in [0.2, 0.25) is 0 Å². The van der Waals surface area contributed by atoms with Crippen molar-refractivity contribution < 1.29 is 19.4 Å². The monoisotopic (exact) mass is 327 g/mol. The van der Waals surface area contributed by atoms with Crippen LogP contribution in [0.4, 0.5) is 5.69 Å². The molecule has 1 aliphatic rings. The second kappa shape index (κ2) is 7.47. The number of aliphatic hydroxyl groups is 1. The zero-order valence-corrected chi connectivity index (χ0v) is 13.6. The minimum atomic E-state index is -0.514. The van der Waals surface area contributed by atoms with Gasteiger partial charge < -0.3 is 19.5 Å². The van der Waals surface area contributed by atoms with Gasteiger partial charge in [0.1, 0.15) is 5.75 Å². The molecule has 0 saturated carbocycles. The first kappa shape index (κ1) is 16.5. The molecule has 3 rings (SSSR count). The normalized spacial score (nSPS) is 19.9. The van der Waals surface area contributed by atoms with Crippen LogP contribution in [0, 0.1) is 0 Å². The molecule has 1 N–H and O–H groups in total. The Morgan fingerprint density at radius 2 is 1.79 bits per heavy atom. The molecule has 126 valence electrons. The Balaban J connectivity index is 1.69. The summed E-state index contributed by atoms with van der Waals surface area (Å²) in [5.41, 5.74) is 1.81. The maximum atomic E-state index is 12.5. The van der Waals surface area contributed by atoms with E-state index in [1.165, 1.54) is 0 Å². The predicted molar refractivity (Wildman–Crippen MR) is 91.0 cm³/mol. The highest BCUT2D eigenvalue weighted by atomic mass is 16.5. The second-order valence-corrected chi connectivity index (χ2v) is 5.70. The summed E-state index contributed by atoms with van der Waals surface area (Å²) >= 11 is 0. The van der Waals surface area contributed by atoms with Crippen LogP contribution in [0.1, 0.15) is 12.0 Å². The molecule has 2 atom stereocenters. The lowest BCUT2D eigenvalue weighted by atomic mass is 9.93. The molecule has 1 heterocycles. The molecule has 2 aromatic rings. The molecule has 2 aromatic carbocycles. The highest BCUT2D eigenvalue weighted by molar-refractivity contribution is 6.04. The van der Waals surface area contributed by atoms with Crippen molar-refractivity contribution in [2.24, 2.45) is 0 Å². The molecule has 0 radical (unpaired) electrons. The van der Waals surface area contributed by atoms with Crippen LogP contribution < -0.4 is 9.64 Å². The standard InChI is InChI=1S/C19H21NO4/c1-23-16-9-7-15(8-10-16)20-17(11-12-21)18(19(20)22)24-13-14-5-3-2-4-6-14/h2-10,17-18,21H,11-13H2,1H3/t17-,18+/m0/s1. The summed E-state index contributed by atoms with van der Waals surface area (Å²) in [5, 5.41) is 9.32. The van der Waals surface area contributed by atoms with Gasteiger partial charge in [-0.3, -0.25) is 4.79 Å². The van der Waals surface area contributed by atoms with Crippen molar-refractivity contribution in [1.29, 1.82) is 0 Å². The fourth-order valence-corrected chi connectivity index (χ4v) is 2.94. The molecule has 0 spiro atoms. The highest BCUT2D eigenvalue weighted by Gasteiger charge is 2.48. The Kier molecular flexibility index (Phi) is 5.13. The molecule has 1 fully saturated rings. The smallest absolute Gasteiger partial charge is 0.258 e. The van der Waals surface area contributed by atoms with E-state index >= 15 is 0 Å². The number of anilines is 1. The minimum Gasteiger partial charge on any atom is -0.497 e. The van der Waals surface area contributed by atoms with Crippen molar-refractivity contribution in [3.8, 4) is 5.75 Å². The molecule has 1 aliphatic heterocycles. The van der Waals surface area contributed by atoms with Crippen molar-refractivity contribution >= 4 is 11.6 Å². The van der Waals surface area contributed by atoms with Crippen LogP contribution in [-0.2, 0) is 16.1 Å². The summed E-state index contributed by atoms with van der Waals surface area (Å²) in [6.07, 6.45) is -0.0310. The van der Waals surface area contributed by atoms with E-state index in [1.807, 2.05) is 54.6 Å². The number of amides is 1. The number of nitrogens with zero attached hydrogens (tertiary/aromatic N) is 1. The van der Waals surface area contributed by atoms with E-state index in [0.29, 0.717) is 13.0 Å². The van der Waals surface area contributed by atoms with Gasteiger partial charge >= 0.3 is 0 Å². The first-order valence-electron chi connectivity index (χ1n) is 7.98. The molecule has 0 bridgehead atoms. The lowest BCUT2D eigenvalue weighted by molar-refractivity contribution is -0.144. The molecule has 0 aromatic heterocycles. The van der Waals surface area contributed by atoms with E-state index in [1.54, 1.807) is 12.0 Å². The molecule has 0 unspecified atom stereocenters. The van der Waals surface area contributed by atoms with Crippen LogP contribution in [0.3, 0.4) is 0 Å². The van der Waals surface area contributed by atoms with Gasteiger partial charge in [0, 0.05) is 12.3 Å². The third-order valence-corrected chi connectivity index (χ3v) is 4.21. The molecule has 1 saturated heterocycles. The van der Waals surface area contributed by atoms with Gasteiger partial charge in [-0.15, -0.1) is 0 Å². The molecule has 5 nitrogen and oxygen atoms in total. The lowest BCUT2D eigenvalue weighted by Gasteiger charge is -2.46. The van der Waals surface area contributed by atoms with Gasteiger partial charge in [-0.05, 0) is 36.2 Å². The van der Waals surface area contributed by atoms with Crippen molar-refractivity contribution in [1.82, 2.24) is 0 Å². The van der Waals surface area contributed by atoms with Crippen molar-refractivity contribution in [3.05, 3.63) is 60.2 Å². The van der Waals surface area contributed by atoms with Crippen LogP contribution in [0.25, 0.3) is 0 Å². The first-order chi connectivity index (χ1) is 11.7. The van der Waals surface area contributed by atoms with Crippen molar-refractivity contribution in [2.75, 3.05) is 18.6 Å². The van der Waals surface area contributed by atoms with E-state index < -0.39 is 6.10 Å². The third kappa shape index (κ3) is 3.27. The van der Waals surface area contributed by atoms with E-state index in [2.05, 4.69) is 0 Å². The van der Waals surface area contributed by atoms with E-state index in [9.17, 15) is 9.90 Å². The fraction of sp³-hybridized carbons (Fsp3) is 0.316. The summed E-state index contributed by atoms with van der Waals surface area (Å²) in [6.45, 7) is 0.394. The molecular weight excluding hydrogens is 306 g/mol. The molecule has 0 aliphatic carbocycles. The van der Waals surface area contributed by atoms with Crippen molar-refractivity contribution in [2.45, 2.75) is 25.2 Å². The quantitative estimate of drug-likeness (QED) is 0.793. The molecular formula is C19H21NO4. The molecule has 1 amide bonds. The number of methoxy groups -OCH3 is 1. The average Bonchev–Trinajstić information content (AvgIpc) is 2.63. The number of benzene rings is 2. The number of aliphatic hydroxyl groups excluding tert-OH is 1. The summed E-state index contributed by atoms with van der Waals surface area (Å²) in [7, 11) is 1.60. The SMILES string of the molecule is COc1ccc(N2C(=O)[C@H](OCc3ccccc3)[C@@H]2CCO)cc1. The van der Waals surface area contributed by atoms with E-state index in [4.69, 9.17) is 9.47 Å². The Labute approximate surface area is 141 Å². The maximum Gasteiger partial charge on any atom is 0.258 e. The van der Waals surface area contributed by atoms with E-state index in [-0.39, 0.29) is 18.6 Å². The van der Waals surface area contributed by atoms with Crippen molar-refractivity contribution in [3.63, 3.8) is 0 Å². The highest BCUT2D eigenvalue weighted by Crippen LogP contribution is 2.33. The Bertz CT molecular complexity index is 672. The largest absolute Gasteiger partial charge is 0.497 e. The van der Waals surface area contributed by atoms with Crippen LogP contribution >= 0.6 is 0 Å². The summed E-state index contributed by atoms with van der Waals surface area (Å²) in [6, 6.07) is 16.9. The number of β-lactam (4-membered cyclic amide) rings is 1. The molecule has 5 heteroatoms. The summed E-state index contributed by atoms with van der Waals surface area (Å²) in [5.74, 6) is 0.664. The Morgan fingerprint density at radius 3 is 2.42 bits per heavy atom. The van der Waals surface area contributed by atoms with Crippen LogP contribution in [0.5, 0.6) is 5.75 Å². The second-order valence-electron chi connectivity index (χ2n) is 5.70. The fourth-order valence-electron chi connectivity index (χ4n) is 2.94. The Hall–Kier alpha value is -2.37. The lowest BCUT2D eigenvalue weighted by Crippen LogP contribution is -2.66. The van der Waals surface area contributed by atoms with Gasteiger partial charge in [0.05, 0.1) is 19.8 Å². The van der Waals surface area contributed by atoms with Crippen LogP contribution in [0.15, 0.2) is 54.6 Å². The van der Waals surface area contributed by atoms with Crippen LogP contribution in [0.2, 0.25) is 0 Å². The number of ether oxygens (including phenoxy) is 2. The number of carbonyl (C=O) groups excluding carboxylic acids is 1. The summed E-state index contributed by atoms with van der Waals surface area (Å²) in [4.78, 5) is 14.2. The zero-order chi connectivity index (χ0) is 16.9. The van der Waals surface area contributed by atoms with Crippen LogP contribution in [-0.4, -0.2) is 36.9 Å². The Morgan fingerprint density at radius 1 is 1.08 bits per heavy atom. The predicted octanol–water partition coefficient (Wildman–Crippen LogP) is 2.38. The first-order valence-corrected chi connectivity index (χ1v) is 7.98. The van der Waals surface area contributed by atoms with Gasteiger partial charge in [-0.25, -0.2) is 0 Å².